The number of anilines is 1. The number of carbonyl (C=O) groups is 1. The van der Waals surface area contributed by atoms with Crippen LogP contribution in [0.3, 0.4) is 0 Å². The summed E-state index contributed by atoms with van der Waals surface area (Å²) < 4.78 is 5.02. The van der Waals surface area contributed by atoms with Crippen molar-refractivity contribution in [2.75, 3.05) is 5.32 Å². The monoisotopic (exact) mass is 268 g/mol. The minimum absolute atomic E-state index is 0.162. The van der Waals surface area contributed by atoms with Crippen LogP contribution in [0, 0.1) is 6.92 Å². The molecular weight excluding hydrogens is 256 g/mol. The van der Waals surface area contributed by atoms with Gasteiger partial charge in [-0.05, 0) is 36.8 Å². The first-order valence-corrected chi connectivity index (χ1v) is 6.12. The number of rotatable bonds is 2. The number of nitrogens with one attached hydrogen (secondary N) is 2. The Morgan fingerprint density at radius 3 is 2.85 bits per heavy atom. The summed E-state index contributed by atoms with van der Waals surface area (Å²) in [7, 11) is 0. The number of aromatic nitrogens is 1. The highest BCUT2D eigenvalue weighted by Crippen LogP contribution is 2.19. The minimum Gasteiger partial charge on any atom is -0.459 e. The van der Waals surface area contributed by atoms with Crippen LogP contribution in [0.2, 0.25) is 0 Å². The first kappa shape index (κ1) is 12.2. The molecule has 3 rings (SSSR count). The number of H-pyrrole nitrogens is 1. The van der Waals surface area contributed by atoms with Crippen LogP contribution in [0.15, 0.2) is 51.9 Å². The van der Waals surface area contributed by atoms with Crippen LogP contribution in [0.1, 0.15) is 16.1 Å². The van der Waals surface area contributed by atoms with Gasteiger partial charge in [0, 0.05) is 17.1 Å². The number of hydrogen-bond acceptors (Lipinski definition) is 3. The second-order valence-electron chi connectivity index (χ2n) is 4.51. The summed E-state index contributed by atoms with van der Waals surface area (Å²) >= 11 is 0. The Balaban J connectivity index is 1.97. The number of fused-ring (bicyclic) bond motifs is 1. The minimum atomic E-state index is -0.329. The Morgan fingerprint density at radius 1 is 1.25 bits per heavy atom. The van der Waals surface area contributed by atoms with Crippen molar-refractivity contribution in [1.82, 2.24) is 4.98 Å². The molecule has 1 aromatic carbocycles. The maximum atomic E-state index is 11.9. The molecule has 100 valence electrons. The van der Waals surface area contributed by atoms with Crippen LogP contribution in [0.4, 0.5) is 5.69 Å². The number of hydrogen-bond donors (Lipinski definition) is 2. The van der Waals surface area contributed by atoms with Gasteiger partial charge in [0.15, 0.2) is 5.76 Å². The third-order valence-corrected chi connectivity index (χ3v) is 3.05. The van der Waals surface area contributed by atoms with Gasteiger partial charge in [-0.25, -0.2) is 0 Å². The third-order valence-electron chi connectivity index (χ3n) is 3.05. The number of carbonyl (C=O) groups excluding carboxylic acids is 1. The predicted octanol–water partition coefficient (Wildman–Crippen LogP) is 2.68. The standard InChI is InChI=1S/C15H12N2O3/c1-9-7-14(18)17-12-8-10(4-5-11(9)12)16-15(19)13-3-2-6-20-13/h2-8H,1H3,(H,16,19)(H,17,18). The maximum Gasteiger partial charge on any atom is 0.291 e. The Kier molecular flexibility index (Phi) is 2.87. The molecule has 20 heavy (non-hydrogen) atoms. The van der Waals surface area contributed by atoms with Crippen LogP contribution in [-0.4, -0.2) is 10.9 Å². The molecule has 0 unspecified atom stereocenters. The average Bonchev–Trinajstić information content (AvgIpc) is 2.91. The van der Waals surface area contributed by atoms with E-state index >= 15 is 0 Å². The van der Waals surface area contributed by atoms with Gasteiger partial charge >= 0.3 is 0 Å². The van der Waals surface area contributed by atoms with Gasteiger partial charge < -0.3 is 14.7 Å². The molecule has 0 atom stereocenters. The number of pyridine rings is 1. The topological polar surface area (TPSA) is 75.1 Å². The quantitative estimate of drug-likeness (QED) is 0.750. The van der Waals surface area contributed by atoms with E-state index in [2.05, 4.69) is 10.3 Å². The molecule has 2 aromatic heterocycles. The number of amides is 1. The molecule has 5 heteroatoms. The summed E-state index contributed by atoms with van der Waals surface area (Å²) in [4.78, 5) is 26.1. The predicted molar refractivity (Wildman–Crippen MR) is 76.0 cm³/mol. The fourth-order valence-electron chi connectivity index (χ4n) is 2.11. The Bertz CT molecular complexity index is 832. The van der Waals surface area contributed by atoms with E-state index in [-0.39, 0.29) is 17.2 Å². The van der Waals surface area contributed by atoms with E-state index in [4.69, 9.17) is 4.42 Å². The molecule has 1 amide bonds. The zero-order valence-corrected chi connectivity index (χ0v) is 10.8. The molecule has 3 aromatic rings. The average molecular weight is 268 g/mol. The number of aryl methyl sites for hydroxylation is 1. The normalized spacial score (nSPS) is 10.7. The molecule has 0 radical (unpaired) electrons. The van der Waals surface area contributed by atoms with E-state index in [0.717, 1.165) is 10.9 Å². The lowest BCUT2D eigenvalue weighted by Crippen LogP contribution is -2.11. The van der Waals surface area contributed by atoms with Gasteiger partial charge in [-0.15, -0.1) is 0 Å². The summed E-state index contributed by atoms with van der Waals surface area (Å²) in [5, 5.41) is 3.67. The summed E-state index contributed by atoms with van der Waals surface area (Å²) in [5.41, 5.74) is 2.02. The molecular formula is C15H12N2O3. The van der Waals surface area contributed by atoms with Gasteiger partial charge in [-0.1, -0.05) is 6.07 Å². The lowest BCUT2D eigenvalue weighted by atomic mass is 10.1. The summed E-state index contributed by atoms with van der Waals surface area (Å²) in [5.74, 6) is -0.0906. The highest BCUT2D eigenvalue weighted by Gasteiger charge is 2.09. The number of furan rings is 1. The van der Waals surface area contributed by atoms with Crippen molar-refractivity contribution < 1.29 is 9.21 Å². The zero-order chi connectivity index (χ0) is 14.1. The van der Waals surface area contributed by atoms with Crippen LogP contribution >= 0.6 is 0 Å². The van der Waals surface area contributed by atoms with Crippen molar-refractivity contribution in [3.05, 3.63) is 64.3 Å². The molecule has 0 saturated heterocycles. The van der Waals surface area contributed by atoms with E-state index in [1.54, 1.807) is 30.3 Å². The number of benzene rings is 1. The smallest absolute Gasteiger partial charge is 0.291 e. The largest absolute Gasteiger partial charge is 0.459 e. The number of aromatic amines is 1. The summed E-state index contributed by atoms with van der Waals surface area (Å²) in [6.07, 6.45) is 1.44. The lowest BCUT2D eigenvalue weighted by molar-refractivity contribution is 0.0996. The summed E-state index contributed by atoms with van der Waals surface area (Å²) in [6, 6.07) is 10.2. The SMILES string of the molecule is Cc1cc(=O)[nH]c2cc(NC(=O)c3ccco3)ccc12. The fraction of sp³-hybridized carbons (Fsp3) is 0.0667. The zero-order valence-electron chi connectivity index (χ0n) is 10.8. The third kappa shape index (κ3) is 2.21. The van der Waals surface area contributed by atoms with Gasteiger partial charge in [-0.2, -0.15) is 0 Å². The Hall–Kier alpha value is -2.82. The van der Waals surface area contributed by atoms with E-state index in [9.17, 15) is 9.59 Å². The van der Waals surface area contributed by atoms with Crippen LogP contribution < -0.4 is 10.9 Å². The molecule has 0 aliphatic heterocycles. The Morgan fingerprint density at radius 2 is 2.10 bits per heavy atom. The van der Waals surface area contributed by atoms with Crippen LogP contribution in [0.5, 0.6) is 0 Å². The van der Waals surface area contributed by atoms with Gasteiger partial charge in [0.1, 0.15) is 0 Å². The van der Waals surface area contributed by atoms with E-state index in [1.807, 2.05) is 13.0 Å². The van der Waals surface area contributed by atoms with E-state index in [0.29, 0.717) is 11.2 Å². The maximum absolute atomic E-state index is 11.9. The second-order valence-corrected chi connectivity index (χ2v) is 4.51. The highest BCUT2D eigenvalue weighted by molar-refractivity contribution is 6.03. The molecule has 0 aliphatic carbocycles. The highest BCUT2D eigenvalue weighted by atomic mass is 16.3. The molecule has 5 nitrogen and oxygen atoms in total. The van der Waals surface area contributed by atoms with E-state index in [1.165, 1.54) is 6.26 Å². The van der Waals surface area contributed by atoms with E-state index < -0.39 is 0 Å². The molecule has 0 spiro atoms. The van der Waals surface area contributed by atoms with Crippen molar-refractivity contribution in [2.45, 2.75) is 6.92 Å². The molecule has 0 aliphatic rings. The van der Waals surface area contributed by atoms with Crippen LogP contribution in [0.25, 0.3) is 10.9 Å². The first-order chi connectivity index (χ1) is 9.63. The van der Waals surface area contributed by atoms with Crippen LogP contribution in [-0.2, 0) is 0 Å². The molecule has 2 heterocycles. The molecule has 0 fully saturated rings. The van der Waals surface area contributed by atoms with Gasteiger partial charge in [-0.3, -0.25) is 9.59 Å². The van der Waals surface area contributed by atoms with Gasteiger partial charge in [0.2, 0.25) is 5.56 Å². The summed E-state index contributed by atoms with van der Waals surface area (Å²) in [6.45, 7) is 1.87. The fourth-order valence-corrected chi connectivity index (χ4v) is 2.11. The van der Waals surface area contributed by atoms with Crippen molar-refractivity contribution in [2.24, 2.45) is 0 Å². The van der Waals surface area contributed by atoms with Crippen molar-refractivity contribution in [3.63, 3.8) is 0 Å². The van der Waals surface area contributed by atoms with Crippen molar-refractivity contribution in [3.8, 4) is 0 Å². The van der Waals surface area contributed by atoms with Crippen molar-refractivity contribution in [1.29, 1.82) is 0 Å². The van der Waals surface area contributed by atoms with Gasteiger partial charge in [0.25, 0.3) is 5.91 Å². The lowest BCUT2D eigenvalue weighted by Gasteiger charge is -2.06. The van der Waals surface area contributed by atoms with Gasteiger partial charge in [0.05, 0.1) is 11.8 Å². The second kappa shape index (κ2) is 4.70. The molecule has 0 saturated carbocycles. The Labute approximate surface area is 114 Å². The van der Waals surface area contributed by atoms with Crippen molar-refractivity contribution >= 4 is 22.5 Å². The molecule has 0 bridgehead atoms. The molecule has 2 N–H and O–H groups in total. The first-order valence-electron chi connectivity index (χ1n) is 6.12.